The summed E-state index contributed by atoms with van der Waals surface area (Å²) in [6.07, 6.45) is 25.9. The van der Waals surface area contributed by atoms with Gasteiger partial charge in [0.2, 0.25) is 0 Å². The number of rotatable bonds is 22. The molecule has 1 unspecified atom stereocenters. The van der Waals surface area contributed by atoms with E-state index in [0.29, 0.717) is 0 Å². The highest BCUT2D eigenvalue weighted by Crippen LogP contribution is 2.22. The predicted octanol–water partition coefficient (Wildman–Crippen LogP) is 11.8. The molecule has 2 aliphatic carbocycles. The highest BCUT2D eigenvalue weighted by atomic mass is 16.1. The Morgan fingerprint density at radius 2 is 1.02 bits per heavy atom. The van der Waals surface area contributed by atoms with Crippen LogP contribution in [0.15, 0.2) is 84.9 Å². The maximum Gasteiger partial charge on any atom is 0.159 e. The first-order chi connectivity index (χ1) is 29.6. The third-order valence-electron chi connectivity index (χ3n) is 12.3. The standard InChI is InChI=1S/C27H38N2O.C19H30N2O.C8H8O/c1-21(23-13-7-6-8-14-23)28-26(22(2)30)17-10-5-3-4-9-16-25-20-19-24-15-11-12-18-27(24)29-25;1-15(22)18(20)11-6-4-2-3-5-10-17-14-13-16-9-7-8-12-19(16)21-17;1-7(9)8-5-3-2-4-6-8/h6-8,13-14,19-21,26,28H,3-5,9-12,15-18H2,1-2H3;13-14,18H,2-12,20H2,1H3;2-6H,1H3/t21?,26-;18-;/m00./s1. The van der Waals surface area contributed by atoms with E-state index in [9.17, 15) is 14.4 Å². The molecule has 0 saturated carbocycles. The lowest BCUT2D eigenvalue weighted by molar-refractivity contribution is -0.119. The first-order valence-electron chi connectivity index (χ1n) is 23.7. The van der Waals surface area contributed by atoms with Crippen molar-refractivity contribution in [3.8, 4) is 0 Å². The van der Waals surface area contributed by atoms with Gasteiger partial charge in [0.1, 0.15) is 11.6 Å². The second kappa shape index (κ2) is 28.3. The molecule has 2 aromatic carbocycles. The number of aromatic nitrogens is 2. The molecule has 0 amide bonds. The van der Waals surface area contributed by atoms with E-state index in [4.69, 9.17) is 15.7 Å². The van der Waals surface area contributed by atoms with Crippen molar-refractivity contribution in [3.63, 3.8) is 0 Å². The molecule has 3 atom stereocenters. The Kier molecular flexibility index (Phi) is 22.9. The van der Waals surface area contributed by atoms with Gasteiger partial charge in [-0.15, -0.1) is 0 Å². The summed E-state index contributed by atoms with van der Waals surface area (Å²) >= 11 is 0. The van der Waals surface area contributed by atoms with Crippen LogP contribution in [0.5, 0.6) is 0 Å². The summed E-state index contributed by atoms with van der Waals surface area (Å²) in [5, 5.41) is 3.52. The molecule has 330 valence electrons. The number of carbonyl (C=O) groups excluding carboxylic acids is 3. The first-order valence-corrected chi connectivity index (χ1v) is 23.7. The lowest BCUT2D eigenvalue weighted by atomic mass is 9.95. The fraction of sp³-hybridized carbons (Fsp3) is 0.537. The van der Waals surface area contributed by atoms with E-state index >= 15 is 0 Å². The average molecular weight is 829 g/mol. The van der Waals surface area contributed by atoms with E-state index in [1.807, 2.05) is 36.4 Å². The second-order valence-electron chi connectivity index (χ2n) is 17.4. The zero-order valence-corrected chi connectivity index (χ0v) is 38.1. The van der Waals surface area contributed by atoms with Crippen molar-refractivity contribution in [1.82, 2.24) is 15.3 Å². The molecule has 2 aliphatic rings. The van der Waals surface area contributed by atoms with Crippen LogP contribution >= 0.6 is 0 Å². The Hall–Kier alpha value is -4.33. The lowest BCUT2D eigenvalue weighted by Crippen LogP contribution is -2.37. The number of pyridine rings is 2. The summed E-state index contributed by atoms with van der Waals surface area (Å²) in [6.45, 7) is 6.99. The van der Waals surface area contributed by atoms with Crippen LogP contribution in [0.1, 0.15) is 186 Å². The van der Waals surface area contributed by atoms with E-state index < -0.39 is 0 Å². The molecular formula is C54H76N4O3. The molecule has 3 N–H and O–H groups in total. The number of ketones is 3. The van der Waals surface area contributed by atoms with Gasteiger partial charge in [0.25, 0.3) is 0 Å². The van der Waals surface area contributed by atoms with Gasteiger partial charge in [0, 0.05) is 34.4 Å². The van der Waals surface area contributed by atoms with Gasteiger partial charge in [0.05, 0.1) is 12.1 Å². The SMILES string of the molecule is CC(=O)[C@@H](N)CCCCCCCc1ccc2c(n1)CCCC2.CC(=O)[C@H](CCCCCCCc1ccc2c(n1)CCCC2)NC(C)c1ccccc1.CC(=O)c1ccccc1. The van der Waals surface area contributed by atoms with Gasteiger partial charge in [-0.3, -0.25) is 24.4 Å². The quantitative estimate of drug-likeness (QED) is 0.0599. The van der Waals surface area contributed by atoms with Crippen molar-refractivity contribution in [3.05, 3.63) is 130 Å². The first kappa shape index (κ1) is 49.3. The fourth-order valence-electron chi connectivity index (χ4n) is 8.34. The van der Waals surface area contributed by atoms with E-state index in [0.717, 1.165) is 50.5 Å². The molecule has 6 rings (SSSR count). The number of hydrogen-bond acceptors (Lipinski definition) is 7. The number of carbonyl (C=O) groups is 3. The smallest absolute Gasteiger partial charge is 0.159 e. The highest BCUT2D eigenvalue weighted by molar-refractivity contribution is 5.93. The minimum atomic E-state index is -0.250. The van der Waals surface area contributed by atoms with Gasteiger partial charge in [-0.1, -0.05) is 124 Å². The molecule has 4 aromatic rings. The molecule has 7 nitrogen and oxygen atoms in total. The Labute approximate surface area is 368 Å². The van der Waals surface area contributed by atoms with Crippen molar-refractivity contribution < 1.29 is 14.4 Å². The molecule has 0 aliphatic heterocycles. The highest BCUT2D eigenvalue weighted by Gasteiger charge is 2.17. The fourth-order valence-corrected chi connectivity index (χ4v) is 8.34. The Bertz CT molecular complexity index is 1880. The lowest BCUT2D eigenvalue weighted by Gasteiger charge is -2.21. The maximum atomic E-state index is 12.1. The summed E-state index contributed by atoms with van der Waals surface area (Å²) in [5.74, 6) is 0.477. The normalized spacial score (nSPS) is 14.4. The third-order valence-corrected chi connectivity index (χ3v) is 12.3. The van der Waals surface area contributed by atoms with Crippen LogP contribution in [-0.4, -0.2) is 39.4 Å². The summed E-state index contributed by atoms with van der Waals surface area (Å²) in [5.41, 5.74) is 15.9. The molecule has 0 bridgehead atoms. The molecule has 61 heavy (non-hydrogen) atoms. The number of nitrogens with zero attached hydrogens (tertiary/aromatic N) is 2. The number of benzene rings is 2. The van der Waals surface area contributed by atoms with Gasteiger partial charge in [-0.25, -0.2) is 0 Å². The van der Waals surface area contributed by atoms with Gasteiger partial charge in [0.15, 0.2) is 5.78 Å². The van der Waals surface area contributed by atoms with E-state index in [-0.39, 0.29) is 35.5 Å². The molecule has 7 heteroatoms. The van der Waals surface area contributed by atoms with Crippen LogP contribution in [0.3, 0.4) is 0 Å². The number of nitrogens with two attached hydrogens (primary N) is 1. The minimum Gasteiger partial charge on any atom is -0.322 e. The Balaban J connectivity index is 0.000000230. The Morgan fingerprint density at radius 1 is 0.557 bits per heavy atom. The number of nitrogens with one attached hydrogen (secondary N) is 1. The van der Waals surface area contributed by atoms with Crippen LogP contribution in [0.2, 0.25) is 0 Å². The Morgan fingerprint density at radius 3 is 1.49 bits per heavy atom. The van der Waals surface area contributed by atoms with E-state index in [1.54, 1.807) is 20.8 Å². The zero-order valence-electron chi connectivity index (χ0n) is 38.1. The van der Waals surface area contributed by atoms with Crippen molar-refractivity contribution >= 4 is 17.3 Å². The molecule has 0 radical (unpaired) electrons. The summed E-state index contributed by atoms with van der Waals surface area (Å²) in [7, 11) is 0. The largest absolute Gasteiger partial charge is 0.322 e. The van der Waals surface area contributed by atoms with Gasteiger partial charge < -0.3 is 11.1 Å². The predicted molar refractivity (Wildman–Crippen MR) is 252 cm³/mol. The number of hydrogen-bond donors (Lipinski definition) is 2. The van der Waals surface area contributed by atoms with Gasteiger partial charge in [-0.05, 0) is 146 Å². The van der Waals surface area contributed by atoms with Crippen molar-refractivity contribution in [2.75, 3.05) is 0 Å². The maximum absolute atomic E-state index is 12.1. The monoisotopic (exact) mass is 829 g/mol. The molecule has 0 spiro atoms. The van der Waals surface area contributed by atoms with Gasteiger partial charge >= 0.3 is 0 Å². The van der Waals surface area contributed by atoms with E-state index in [2.05, 4.69) is 60.8 Å². The third kappa shape index (κ3) is 19.1. The molecule has 0 saturated heterocycles. The molecule has 2 aromatic heterocycles. The van der Waals surface area contributed by atoms with Crippen molar-refractivity contribution in [1.29, 1.82) is 0 Å². The number of fused-ring (bicyclic) bond motifs is 2. The van der Waals surface area contributed by atoms with Crippen LogP contribution in [0.25, 0.3) is 0 Å². The molecule has 0 fully saturated rings. The topological polar surface area (TPSA) is 115 Å². The summed E-state index contributed by atoms with van der Waals surface area (Å²) < 4.78 is 0. The number of aryl methyl sites for hydroxylation is 6. The molecule has 2 heterocycles. The average Bonchev–Trinajstić information content (AvgIpc) is 3.28. The van der Waals surface area contributed by atoms with Crippen molar-refractivity contribution in [2.24, 2.45) is 5.73 Å². The number of Topliss-reactive ketones (excluding diaryl/α,β-unsaturated/α-hetero) is 3. The van der Waals surface area contributed by atoms with Crippen LogP contribution in [0.4, 0.5) is 0 Å². The van der Waals surface area contributed by atoms with Crippen LogP contribution in [0, 0.1) is 0 Å². The second-order valence-corrected chi connectivity index (χ2v) is 17.4. The summed E-state index contributed by atoms with van der Waals surface area (Å²) in [4.78, 5) is 43.5. The van der Waals surface area contributed by atoms with Crippen LogP contribution < -0.4 is 11.1 Å². The zero-order chi connectivity index (χ0) is 43.7. The number of unbranched alkanes of at least 4 members (excludes halogenated alkanes) is 8. The van der Waals surface area contributed by atoms with Crippen LogP contribution in [-0.2, 0) is 48.1 Å². The van der Waals surface area contributed by atoms with E-state index in [1.165, 1.54) is 136 Å². The van der Waals surface area contributed by atoms with Crippen molar-refractivity contribution in [2.45, 2.75) is 187 Å². The van der Waals surface area contributed by atoms with Gasteiger partial charge in [-0.2, -0.15) is 0 Å². The summed E-state index contributed by atoms with van der Waals surface area (Å²) in [6, 6.07) is 28.6. The minimum absolute atomic E-state index is 0.0418. The molecular weight excluding hydrogens is 753 g/mol.